The molecule has 9 amide bonds. The smallest absolute Gasteiger partial charge is 0.246 e. The number of amides is 9. The van der Waals surface area contributed by atoms with Crippen molar-refractivity contribution in [3.05, 3.63) is 0 Å². The Kier molecular flexibility index (Phi) is 34.0. The van der Waals surface area contributed by atoms with Gasteiger partial charge in [-0.05, 0) is 104 Å². The molecule has 0 aromatic carbocycles. The lowest BCUT2D eigenvalue weighted by Crippen LogP contribution is -2.66. The van der Waals surface area contributed by atoms with Gasteiger partial charge in [0.15, 0.2) is 0 Å². The van der Waals surface area contributed by atoms with Crippen LogP contribution in [0.4, 0.5) is 0 Å². The number of nitrogens with one attached hydrogen (secondary N) is 8. The van der Waals surface area contributed by atoms with Crippen LogP contribution in [0, 0.1) is 29.6 Å². The average molecular weight is 1180 g/mol. The summed E-state index contributed by atoms with van der Waals surface area (Å²) in [5, 5.41) is 42.2. The van der Waals surface area contributed by atoms with Crippen LogP contribution in [0.15, 0.2) is 0 Å². The van der Waals surface area contributed by atoms with E-state index in [-0.39, 0.29) is 61.9 Å². The van der Waals surface area contributed by atoms with Crippen LogP contribution in [0.3, 0.4) is 0 Å². The molecule has 1 rings (SSSR count). The number of carbonyl (C=O) groups excluding carboxylic acids is 10. The zero-order chi connectivity index (χ0) is 63.5. The number of nitrogens with zero attached hydrogens (tertiary/aromatic N) is 2. The molecule has 1 heterocycles. The molecule has 1 saturated heterocycles. The van der Waals surface area contributed by atoms with Gasteiger partial charge in [0.05, 0.1) is 12.7 Å². The molecule has 0 aromatic rings. The Hall–Kier alpha value is -5.22. The van der Waals surface area contributed by atoms with Crippen molar-refractivity contribution in [3.63, 3.8) is 0 Å². The summed E-state index contributed by atoms with van der Waals surface area (Å²) >= 11 is 0. The molecule has 12 atom stereocenters. The highest BCUT2D eigenvalue weighted by Gasteiger charge is 2.42. The van der Waals surface area contributed by atoms with Crippen molar-refractivity contribution in [2.75, 3.05) is 33.3 Å². The van der Waals surface area contributed by atoms with Gasteiger partial charge in [-0.3, -0.25) is 47.9 Å². The van der Waals surface area contributed by atoms with Crippen LogP contribution >= 0.6 is 0 Å². The third kappa shape index (κ3) is 26.3. The molecule has 1 fully saturated rings. The van der Waals surface area contributed by atoms with Crippen molar-refractivity contribution in [3.8, 4) is 0 Å². The highest BCUT2D eigenvalue weighted by atomic mass is 16.3. The van der Waals surface area contributed by atoms with E-state index in [0.717, 1.165) is 32.1 Å². The molecular weight excluding hydrogens is 1060 g/mol. The normalized spacial score (nSPS) is 17.7. The maximum atomic E-state index is 14.3. The summed E-state index contributed by atoms with van der Waals surface area (Å²) in [5.41, 5.74) is -2.97. The number of Topliss-reactive ketones (excluding diaryl/α,β-unsaturated/α-hetero) is 1. The van der Waals surface area contributed by atoms with E-state index in [1.807, 2.05) is 25.7 Å². The summed E-state index contributed by atoms with van der Waals surface area (Å²) in [6.45, 7) is 28.6. The van der Waals surface area contributed by atoms with Crippen LogP contribution in [-0.4, -0.2) is 172 Å². The van der Waals surface area contributed by atoms with Crippen molar-refractivity contribution in [2.45, 2.75) is 267 Å². The minimum absolute atomic E-state index is 0.0334. The van der Waals surface area contributed by atoms with Gasteiger partial charge in [-0.15, -0.1) is 0 Å². The lowest BCUT2D eigenvalue weighted by molar-refractivity contribution is -0.142. The Morgan fingerprint density at radius 1 is 0.627 bits per heavy atom. The lowest BCUT2D eigenvalue weighted by Gasteiger charge is -2.35. The van der Waals surface area contributed by atoms with Gasteiger partial charge >= 0.3 is 0 Å². The largest absolute Gasteiger partial charge is 0.395 e. The summed E-state index contributed by atoms with van der Waals surface area (Å²) in [5.74, 6) is -7.50. The Morgan fingerprint density at radius 3 is 1.72 bits per heavy atom. The van der Waals surface area contributed by atoms with E-state index in [2.05, 4.69) is 49.5 Å². The SMILES string of the molecule is CCCCCCCCC(C)C(=O)N1CCCC1C(=O)NC(CC(C)CC(O)CC(=O)CC)C(=O)NC(C)C(=O)NC(C(=O)NC(C(=O)NC(C(=O)NC(C)(C)C(=O)NC(C)(C)C(=O)NC(C)CN(C)CCO)C(C)CC)C(C)CC)C(C)C. The highest BCUT2D eigenvalue weighted by Crippen LogP contribution is 2.24. The van der Waals surface area contributed by atoms with Crippen molar-refractivity contribution < 1.29 is 58.2 Å². The van der Waals surface area contributed by atoms with E-state index < -0.39 is 118 Å². The van der Waals surface area contributed by atoms with Gasteiger partial charge in [-0.25, -0.2) is 0 Å². The van der Waals surface area contributed by atoms with E-state index in [9.17, 15) is 58.2 Å². The number of rotatable bonds is 40. The van der Waals surface area contributed by atoms with Crippen molar-refractivity contribution in [1.82, 2.24) is 52.3 Å². The van der Waals surface area contributed by atoms with Crippen molar-refractivity contribution in [2.24, 2.45) is 29.6 Å². The summed E-state index contributed by atoms with van der Waals surface area (Å²) in [7, 11) is 1.81. The van der Waals surface area contributed by atoms with Gasteiger partial charge < -0.3 is 62.5 Å². The number of carbonyl (C=O) groups is 10. The summed E-state index contributed by atoms with van der Waals surface area (Å²) < 4.78 is 0. The fraction of sp³-hybridized carbons (Fsp3) is 0.836. The lowest BCUT2D eigenvalue weighted by atomic mass is 9.92. The van der Waals surface area contributed by atoms with E-state index in [0.29, 0.717) is 51.7 Å². The monoisotopic (exact) mass is 1180 g/mol. The fourth-order valence-electron chi connectivity index (χ4n) is 10.1. The predicted molar refractivity (Wildman–Crippen MR) is 322 cm³/mol. The standard InChI is InChI=1S/C61H112N10O12/c1-18-22-23-24-25-26-28-41(10)57(81)71-30-27-29-47(71)53(77)64-46(34-38(7)33-45(74)35-44(73)21-4)52(76)63-43(12)51(75)65-48(37(5)6)54(78)66-49(39(8)19-2)55(79)67-50(40(9)20-3)56(80)68-61(15,16)59(83)69-60(13,14)58(82)62-42(11)36-70(17)31-32-72/h37-43,45-50,72,74H,18-36H2,1-17H3,(H,62,82)(H,63,76)(H,64,77)(H,65,75)(H,66,78)(H,67,79)(H,68,80)(H,69,83). The summed E-state index contributed by atoms with van der Waals surface area (Å²) in [4.78, 5) is 141. The second-order valence-corrected chi connectivity index (χ2v) is 25.3. The second-order valence-electron chi connectivity index (χ2n) is 25.3. The highest BCUT2D eigenvalue weighted by molar-refractivity contribution is 5.99. The van der Waals surface area contributed by atoms with Crippen molar-refractivity contribution >= 4 is 58.9 Å². The third-order valence-electron chi connectivity index (χ3n) is 16.1. The molecule has 83 heavy (non-hydrogen) atoms. The molecule has 1 aliphatic heterocycles. The summed E-state index contributed by atoms with van der Waals surface area (Å²) in [6, 6.07) is -7.15. The molecule has 478 valence electrons. The topological polar surface area (TPSA) is 314 Å². The Bertz CT molecular complexity index is 2110. The first-order chi connectivity index (χ1) is 38.7. The van der Waals surface area contributed by atoms with Crippen LogP contribution in [0.25, 0.3) is 0 Å². The number of hydrogen-bond acceptors (Lipinski definition) is 13. The van der Waals surface area contributed by atoms with Gasteiger partial charge in [0.25, 0.3) is 0 Å². The average Bonchev–Trinajstić information content (AvgIpc) is 4.06. The number of aliphatic hydroxyl groups excluding tert-OH is 2. The van der Waals surface area contributed by atoms with Crippen LogP contribution < -0.4 is 42.5 Å². The molecule has 10 N–H and O–H groups in total. The molecule has 0 aliphatic carbocycles. The quantitative estimate of drug-likeness (QED) is 0.0390. The molecule has 0 radical (unpaired) electrons. The number of unbranched alkanes of at least 4 members (excludes halogenated alkanes) is 5. The van der Waals surface area contributed by atoms with Gasteiger partial charge in [0.1, 0.15) is 53.1 Å². The van der Waals surface area contributed by atoms with Gasteiger partial charge in [0, 0.05) is 44.4 Å². The molecule has 12 unspecified atom stereocenters. The first-order valence-electron chi connectivity index (χ1n) is 31.0. The number of ketones is 1. The predicted octanol–water partition coefficient (Wildman–Crippen LogP) is 3.92. The minimum Gasteiger partial charge on any atom is -0.395 e. The number of aliphatic hydroxyl groups is 2. The van der Waals surface area contributed by atoms with Gasteiger partial charge in [-0.2, -0.15) is 0 Å². The third-order valence-corrected chi connectivity index (χ3v) is 16.1. The van der Waals surface area contributed by atoms with Crippen LogP contribution in [0.5, 0.6) is 0 Å². The fourth-order valence-corrected chi connectivity index (χ4v) is 10.1. The minimum atomic E-state index is -1.57. The molecule has 1 aliphatic rings. The van der Waals surface area contributed by atoms with E-state index in [1.165, 1.54) is 41.0 Å². The molecule has 0 spiro atoms. The zero-order valence-electron chi connectivity index (χ0n) is 53.8. The molecule has 22 heteroatoms. The van der Waals surface area contributed by atoms with E-state index >= 15 is 0 Å². The first-order valence-corrected chi connectivity index (χ1v) is 31.0. The molecular formula is C61H112N10O12. The van der Waals surface area contributed by atoms with Crippen molar-refractivity contribution in [1.29, 1.82) is 0 Å². The van der Waals surface area contributed by atoms with Gasteiger partial charge in [0.2, 0.25) is 53.2 Å². The van der Waals surface area contributed by atoms with Gasteiger partial charge in [-0.1, -0.05) is 121 Å². The zero-order valence-corrected chi connectivity index (χ0v) is 53.8. The molecule has 0 aromatic heterocycles. The Morgan fingerprint density at radius 2 is 1.17 bits per heavy atom. The van der Waals surface area contributed by atoms with Crippen LogP contribution in [0.2, 0.25) is 0 Å². The second kappa shape index (κ2) is 37.3. The maximum Gasteiger partial charge on any atom is 0.246 e. The van der Waals surface area contributed by atoms with E-state index in [4.69, 9.17) is 0 Å². The number of likely N-dealkylation sites (N-methyl/N-ethyl adjacent to an activating group) is 1. The van der Waals surface area contributed by atoms with Crippen LogP contribution in [-0.2, 0) is 47.9 Å². The Balaban J connectivity index is 3.31. The summed E-state index contributed by atoms with van der Waals surface area (Å²) in [6.07, 6.45) is 8.52. The molecule has 0 bridgehead atoms. The maximum absolute atomic E-state index is 14.3. The Labute approximate surface area is 497 Å². The number of hydrogen-bond donors (Lipinski definition) is 10. The molecule has 0 saturated carbocycles. The van der Waals surface area contributed by atoms with E-state index in [1.54, 1.807) is 60.4 Å². The number of likely N-dealkylation sites (tertiary alicyclic amines) is 1. The van der Waals surface area contributed by atoms with Crippen LogP contribution in [0.1, 0.15) is 207 Å². The first kappa shape index (κ1) is 75.8. The molecule has 22 nitrogen and oxygen atoms in total.